The van der Waals surface area contributed by atoms with Crippen molar-refractivity contribution in [2.24, 2.45) is 0 Å². The quantitative estimate of drug-likeness (QED) is 0.688. The molecule has 0 unspecified atom stereocenters. The number of alkyl halides is 2. The van der Waals surface area contributed by atoms with Crippen LogP contribution in [0.1, 0.15) is 38.4 Å². The van der Waals surface area contributed by atoms with Gasteiger partial charge in [0.25, 0.3) is 6.43 Å². The highest BCUT2D eigenvalue weighted by Crippen LogP contribution is 2.22. The first kappa shape index (κ1) is 18.1. The Labute approximate surface area is 138 Å². The molecule has 6 nitrogen and oxygen atoms in total. The molecule has 2 aromatic rings. The average Bonchev–Trinajstić information content (AvgIpc) is 2.98. The maximum absolute atomic E-state index is 12.7. The molecule has 24 heavy (non-hydrogen) atoms. The lowest BCUT2D eigenvalue weighted by Gasteiger charge is -2.22. The van der Waals surface area contributed by atoms with Crippen molar-refractivity contribution >= 4 is 22.8 Å². The zero-order valence-electron chi connectivity index (χ0n) is 13.6. The SMILES string of the molecule is CCCCN(CCCO)C(=O)Nc1ccc2nc(C(F)F)[nH]c2c1. The first-order valence-corrected chi connectivity index (χ1v) is 7.99. The van der Waals surface area contributed by atoms with E-state index in [9.17, 15) is 13.6 Å². The van der Waals surface area contributed by atoms with Gasteiger partial charge >= 0.3 is 6.03 Å². The number of H-pyrrole nitrogens is 1. The molecule has 132 valence electrons. The minimum atomic E-state index is -2.67. The zero-order chi connectivity index (χ0) is 17.5. The highest BCUT2D eigenvalue weighted by molar-refractivity contribution is 5.92. The Morgan fingerprint density at radius 1 is 1.38 bits per heavy atom. The highest BCUT2D eigenvalue weighted by Gasteiger charge is 2.15. The lowest BCUT2D eigenvalue weighted by atomic mass is 10.2. The summed E-state index contributed by atoms with van der Waals surface area (Å²) >= 11 is 0. The van der Waals surface area contributed by atoms with E-state index >= 15 is 0 Å². The van der Waals surface area contributed by atoms with E-state index in [1.807, 2.05) is 6.92 Å². The van der Waals surface area contributed by atoms with E-state index in [-0.39, 0.29) is 18.5 Å². The van der Waals surface area contributed by atoms with Crippen molar-refractivity contribution in [3.63, 3.8) is 0 Å². The fourth-order valence-corrected chi connectivity index (χ4v) is 2.34. The molecule has 1 heterocycles. The molecule has 0 spiro atoms. The number of carbonyl (C=O) groups is 1. The number of unbranched alkanes of at least 4 members (excludes halogenated alkanes) is 1. The maximum atomic E-state index is 12.7. The molecule has 8 heteroatoms. The number of benzene rings is 1. The molecule has 0 saturated heterocycles. The lowest BCUT2D eigenvalue weighted by molar-refractivity contribution is 0.142. The van der Waals surface area contributed by atoms with Gasteiger partial charge in [-0.1, -0.05) is 13.3 Å². The Hall–Kier alpha value is -2.22. The summed E-state index contributed by atoms with van der Waals surface area (Å²) < 4.78 is 25.3. The predicted molar refractivity (Wildman–Crippen MR) is 88.3 cm³/mol. The van der Waals surface area contributed by atoms with Crippen LogP contribution in [-0.4, -0.2) is 45.7 Å². The second kappa shape index (κ2) is 8.58. The summed E-state index contributed by atoms with van der Waals surface area (Å²) in [4.78, 5) is 20.3. The third-order valence-corrected chi connectivity index (χ3v) is 3.61. The van der Waals surface area contributed by atoms with Gasteiger partial charge in [-0.05, 0) is 31.0 Å². The fraction of sp³-hybridized carbons (Fsp3) is 0.500. The number of imidazole rings is 1. The van der Waals surface area contributed by atoms with Crippen LogP contribution in [0.2, 0.25) is 0 Å². The molecule has 0 saturated carbocycles. The largest absolute Gasteiger partial charge is 0.396 e. The molecule has 0 radical (unpaired) electrons. The number of nitrogens with zero attached hydrogens (tertiary/aromatic N) is 2. The molecule has 2 amide bonds. The van der Waals surface area contributed by atoms with Crippen LogP contribution in [0, 0.1) is 0 Å². The third-order valence-electron chi connectivity index (χ3n) is 3.61. The van der Waals surface area contributed by atoms with Gasteiger partial charge in [0, 0.05) is 25.4 Å². The number of aromatic amines is 1. The molecule has 0 aliphatic heterocycles. The fourth-order valence-electron chi connectivity index (χ4n) is 2.34. The van der Waals surface area contributed by atoms with Gasteiger partial charge in [-0.25, -0.2) is 18.6 Å². The minimum Gasteiger partial charge on any atom is -0.396 e. The van der Waals surface area contributed by atoms with Crippen LogP contribution in [0.4, 0.5) is 19.3 Å². The smallest absolute Gasteiger partial charge is 0.321 e. The van der Waals surface area contributed by atoms with Crippen LogP contribution in [0.3, 0.4) is 0 Å². The molecule has 0 fully saturated rings. The number of halogens is 2. The Bertz CT molecular complexity index is 667. The van der Waals surface area contributed by atoms with Crippen molar-refractivity contribution in [3.8, 4) is 0 Å². The summed E-state index contributed by atoms with van der Waals surface area (Å²) in [7, 11) is 0. The van der Waals surface area contributed by atoms with Gasteiger partial charge in [0.05, 0.1) is 11.0 Å². The van der Waals surface area contributed by atoms with E-state index in [1.165, 1.54) is 0 Å². The second-order valence-corrected chi connectivity index (χ2v) is 5.50. The third kappa shape index (κ3) is 4.64. The Morgan fingerprint density at radius 3 is 2.79 bits per heavy atom. The van der Waals surface area contributed by atoms with Gasteiger partial charge in [-0.2, -0.15) is 0 Å². The number of carbonyl (C=O) groups excluding carboxylic acids is 1. The van der Waals surface area contributed by atoms with E-state index in [2.05, 4.69) is 15.3 Å². The first-order valence-electron chi connectivity index (χ1n) is 7.99. The Balaban J connectivity index is 2.09. The van der Waals surface area contributed by atoms with E-state index in [1.54, 1.807) is 23.1 Å². The topological polar surface area (TPSA) is 81.2 Å². The Morgan fingerprint density at radius 2 is 2.12 bits per heavy atom. The van der Waals surface area contributed by atoms with Crippen molar-refractivity contribution < 1.29 is 18.7 Å². The van der Waals surface area contributed by atoms with E-state index in [0.29, 0.717) is 36.2 Å². The van der Waals surface area contributed by atoms with Gasteiger partial charge in [-0.15, -0.1) is 0 Å². The van der Waals surface area contributed by atoms with Gasteiger partial charge in [0.15, 0.2) is 5.82 Å². The predicted octanol–water partition coefficient (Wildman–Crippen LogP) is 3.52. The minimum absolute atomic E-state index is 0.0203. The number of hydrogen-bond acceptors (Lipinski definition) is 3. The summed E-state index contributed by atoms with van der Waals surface area (Å²) in [6.07, 6.45) is -0.331. The summed E-state index contributed by atoms with van der Waals surface area (Å²) in [5, 5.41) is 11.7. The summed E-state index contributed by atoms with van der Waals surface area (Å²) in [5.41, 5.74) is 1.37. The highest BCUT2D eigenvalue weighted by atomic mass is 19.3. The van der Waals surface area contributed by atoms with Gasteiger partial charge < -0.3 is 20.3 Å². The normalized spacial score (nSPS) is 11.2. The monoisotopic (exact) mass is 340 g/mol. The van der Waals surface area contributed by atoms with E-state index < -0.39 is 6.43 Å². The molecule has 0 bridgehead atoms. The van der Waals surface area contributed by atoms with Crippen molar-refractivity contribution in [1.29, 1.82) is 0 Å². The molecular weight excluding hydrogens is 318 g/mol. The van der Waals surface area contributed by atoms with Crippen molar-refractivity contribution in [2.45, 2.75) is 32.6 Å². The average molecular weight is 340 g/mol. The molecule has 3 N–H and O–H groups in total. The number of nitrogens with one attached hydrogen (secondary N) is 2. The number of aliphatic hydroxyl groups is 1. The van der Waals surface area contributed by atoms with Crippen LogP contribution >= 0.6 is 0 Å². The molecule has 0 aliphatic carbocycles. The number of urea groups is 1. The van der Waals surface area contributed by atoms with Crippen LogP contribution in [0.5, 0.6) is 0 Å². The zero-order valence-corrected chi connectivity index (χ0v) is 13.6. The summed E-state index contributed by atoms with van der Waals surface area (Å²) in [6.45, 7) is 3.12. The van der Waals surface area contributed by atoms with Crippen LogP contribution in [0.15, 0.2) is 18.2 Å². The Kier molecular flexibility index (Phi) is 6.48. The number of fused-ring (bicyclic) bond motifs is 1. The molecule has 1 aromatic carbocycles. The molecule has 0 aliphatic rings. The number of amides is 2. The van der Waals surface area contributed by atoms with Gasteiger partial charge in [0.1, 0.15) is 0 Å². The number of aromatic nitrogens is 2. The van der Waals surface area contributed by atoms with Crippen LogP contribution < -0.4 is 5.32 Å². The number of rotatable bonds is 8. The van der Waals surface area contributed by atoms with Gasteiger partial charge in [-0.3, -0.25) is 0 Å². The van der Waals surface area contributed by atoms with Crippen LogP contribution in [0.25, 0.3) is 11.0 Å². The maximum Gasteiger partial charge on any atom is 0.321 e. The van der Waals surface area contributed by atoms with Crippen molar-refractivity contribution in [3.05, 3.63) is 24.0 Å². The van der Waals surface area contributed by atoms with E-state index in [4.69, 9.17) is 5.11 Å². The number of aliphatic hydroxyl groups excluding tert-OH is 1. The first-order chi connectivity index (χ1) is 11.5. The number of anilines is 1. The molecular formula is C16H22F2N4O2. The lowest BCUT2D eigenvalue weighted by Crippen LogP contribution is -2.36. The van der Waals surface area contributed by atoms with Crippen molar-refractivity contribution in [2.75, 3.05) is 25.0 Å². The van der Waals surface area contributed by atoms with E-state index in [0.717, 1.165) is 12.8 Å². The summed E-state index contributed by atoms with van der Waals surface area (Å²) in [6, 6.07) is 4.51. The van der Waals surface area contributed by atoms with Crippen LogP contribution in [-0.2, 0) is 0 Å². The molecule has 1 aromatic heterocycles. The molecule has 2 rings (SSSR count). The standard InChI is InChI=1S/C16H22F2N4O2/c1-2-3-7-22(8-4-9-23)16(24)19-11-5-6-12-13(10-11)21-15(20-12)14(17)18/h5-6,10,14,23H,2-4,7-9H2,1H3,(H,19,24)(H,20,21). The van der Waals surface area contributed by atoms with Crippen molar-refractivity contribution in [1.82, 2.24) is 14.9 Å². The molecule has 0 atom stereocenters. The summed E-state index contributed by atoms with van der Waals surface area (Å²) in [5.74, 6) is -0.388. The second-order valence-electron chi connectivity index (χ2n) is 5.50. The number of hydrogen-bond donors (Lipinski definition) is 3. The van der Waals surface area contributed by atoms with Gasteiger partial charge in [0.2, 0.25) is 0 Å².